The summed E-state index contributed by atoms with van der Waals surface area (Å²) in [6.07, 6.45) is -0.0480. The molecule has 37 heavy (non-hydrogen) atoms. The first-order chi connectivity index (χ1) is 17.5. The zero-order chi connectivity index (χ0) is 27.2. The fraction of sp³-hybridized carbons (Fsp3) is 0.565. The van der Waals surface area contributed by atoms with Crippen molar-refractivity contribution in [2.24, 2.45) is 5.73 Å². The van der Waals surface area contributed by atoms with Gasteiger partial charge in [0.15, 0.2) is 5.96 Å². The molecule has 14 heteroatoms. The Balaban J connectivity index is 1.76. The highest BCUT2D eigenvalue weighted by Crippen LogP contribution is 2.26. The monoisotopic (exact) mass is 538 g/mol. The van der Waals surface area contributed by atoms with Crippen LogP contribution in [0.3, 0.4) is 0 Å². The highest BCUT2D eigenvalue weighted by atomic mass is 32.2. The molecule has 0 saturated carbocycles. The van der Waals surface area contributed by atoms with Gasteiger partial charge in [0, 0.05) is 13.1 Å². The van der Waals surface area contributed by atoms with Crippen molar-refractivity contribution in [3.05, 3.63) is 35.9 Å². The van der Waals surface area contributed by atoms with Crippen molar-refractivity contribution in [3.63, 3.8) is 0 Å². The summed E-state index contributed by atoms with van der Waals surface area (Å²) in [7, 11) is -4.15. The quantitative estimate of drug-likeness (QED) is 0.111. The number of nitrogens with two attached hydrogens (primary N) is 1. The summed E-state index contributed by atoms with van der Waals surface area (Å²) < 4.78 is 33.4. The number of hydrogen-bond donors (Lipinski definition) is 5. The predicted molar refractivity (Wildman–Crippen MR) is 133 cm³/mol. The lowest BCUT2D eigenvalue weighted by atomic mass is 9.89. The van der Waals surface area contributed by atoms with Crippen LogP contribution >= 0.6 is 0 Å². The van der Waals surface area contributed by atoms with E-state index >= 15 is 0 Å². The maximum absolute atomic E-state index is 13.5. The first kappa shape index (κ1) is 28.3. The third-order valence-electron chi connectivity index (χ3n) is 6.37. The van der Waals surface area contributed by atoms with Gasteiger partial charge in [-0.1, -0.05) is 30.3 Å². The van der Waals surface area contributed by atoms with E-state index in [4.69, 9.17) is 15.9 Å². The van der Waals surface area contributed by atoms with E-state index in [-0.39, 0.29) is 32.0 Å². The van der Waals surface area contributed by atoms with E-state index in [0.717, 1.165) is 4.90 Å². The van der Waals surface area contributed by atoms with E-state index in [2.05, 4.69) is 10.0 Å². The molecule has 0 spiro atoms. The Morgan fingerprint density at radius 1 is 1.24 bits per heavy atom. The highest BCUT2D eigenvalue weighted by molar-refractivity contribution is 7.88. The van der Waals surface area contributed by atoms with Crippen LogP contribution in [0, 0.1) is 5.41 Å². The SMILES string of the molecule is CCOC(=O)[C@]1(NS(=O)(=O)Cc2ccccc2)CCCN(CC(=O)N[C@H]2CCCN(C(=N)N)C2O)C1=O. The molecule has 0 aliphatic carbocycles. The molecule has 2 aliphatic heterocycles. The molecule has 1 aromatic carbocycles. The molecule has 2 saturated heterocycles. The summed E-state index contributed by atoms with van der Waals surface area (Å²) in [5.74, 6) is -3.27. The fourth-order valence-corrected chi connectivity index (χ4v) is 6.16. The van der Waals surface area contributed by atoms with E-state index in [9.17, 15) is 27.9 Å². The van der Waals surface area contributed by atoms with Crippen LogP contribution < -0.4 is 15.8 Å². The number of nitrogens with one attached hydrogen (secondary N) is 3. The molecule has 6 N–H and O–H groups in total. The van der Waals surface area contributed by atoms with Crippen LogP contribution in [-0.2, 0) is 34.9 Å². The summed E-state index contributed by atoms with van der Waals surface area (Å²) in [4.78, 5) is 41.7. The fourth-order valence-electron chi connectivity index (χ4n) is 4.66. The van der Waals surface area contributed by atoms with E-state index in [1.807, 2.05) is 0 Å². The Morgan fingerprint density at radius 2 is 1.95 bits per heavy atom. The van der Waals surface area contributed by atoms with Crippen molar-refractivity contribution in [3.8, 4) is 0 Å². The molecule has 2 aliphatic rings. The normalized spacial score (nSPS) is 24.4. The van der Waals surface area contributed by atoms with Gasteiger partial charge in [-0.05, 0) is 38.2 Å². The lowest BCUT2D eigenvalue weighted by Gasteiger charge is -2.40. The number of nitrogens with zero attached hydrogens (tertiary/aromatic N) is 2. The highest BCUT2D eigenvalue weighted by Gasteiger charge is 2.54. The van der Waals surface area contributed by atoms with E-state index in [1.165, 1.54) is 4.90 Å². The van der Waals surface area contributed by atoms with E-state index < -0.39 is 57.9 Å². The maximum atomic E-state index is 13.5. The third kappa shape index (κ3) is 6.76. The van der Waals surface area contributed by atoms with Gasteiger partial charge in [0.2, 0.25) is 21.5 Å². The van der Waals surface area contributed by atoms with Crippen LogP contribution in [0.5, 0.6) is 0 Å². The molecule has 0 radical (unpaired) electrons. The van der Waals surface area contributed by atoms with Crippen molar-refractivity contribution in [2.75, 3.05) is 26.2 Å². The van der Waals surface area contributed by atoms with Gasteiger partial charge >= 0.3 is 5.97 Å². The number of piperidine rings is 2. The van der Waals surface area contributed by atoms with Gasteiger partial charge < -0.3 is 30.7 Å². The Morgan fingerprint density at radius 3 is 2.59 bits per heavy atom. The molecule has 0 aromatic heterocycles. The molecular formula is C23H34N6O7S. The second-order valence-electron chi connectivity index (χ2n) is 9.11. The second-order valence-corrected chi connectivity index (χ2v) is 10.8. The van der Waals surface area contributed by atoms with Gasteiger partial charge in [0.25, 0.3) is 5.91 Å². The van der Waals surface area contributed by atoms with Crippen molar-refractivity contribution in [1.29, 1.82) is 5.41 Å². The minimum atomic E-state index is -4.15. The van der Waals surface area contributed by atoms with Crippen LogP contribution in [0.25, 0.3) is 0 Å². The van der Waals surface area contributed by atoms with Gasteiger partial charge in [-0.25, -0.2) is 13.2 Å². The van der Waals surface area contributed by atoms with Gasteiger partial charge in [-0.3, -0.25) is 15.0 Å². The zero-order valence-corrected chi connectivity index (χ0v) is 21.5. The average Bonchev–Trinajstić information content (AvgIpc) is 2.83. The number of amides is 2. The number of carbonyl (C=O) groups is 3. The van der Waals surface area contributed by atoms with Crippen LogP contribution in [0.15, 0.2) is 30.3 Å². The molecule has 13 nitrogen and oxygen atoms in total. The Hall–Kier alpha value is -3.23. The number of aliphatic hydroxyl groups is 1. The Labute approximate surface area is 215 Å². The molecule has 1 aromatic rings. The number of ether oxygens (including phenoxy) is 1. The molecule has 3 rings (SSSR count). The minimum absolute atomic E-state index is 0.0685. The molecular weight excluding hydrogens is 504 g/mol. The summed E-state index contributed by atoms with van der Waals surface area (Å²) in [6.45, 7) is 1.52. The van der Waals surface area contributed by atoms with Crippen LogP contribution in [-0.4, -0.2) is 91.1 Å². The topological polar surface area (TPSA) is 195 Å². The zero-order valence-electron chi connectivity index (χ0n) is 20.7. The number of sulfonamides is 1. The lowest BCUT2D eigenvalue weighted by Crippen LogP contribution is -2.68. The smallest absolute Gasteiger partial charge is 0.337 e. The van der Waals surface area contributed by atoms with Gasteiger partial charge in [0.1, 0.15) is 6.23 Å². The molecule has 2 amide bonds. The summed E-state index contributed by atoms with van der Waals surface area (Å²) in [5, 5.41) is 20.7. The number of rotatable bonds is 9. The van der Waals surface area contributed by atoms with Crippen molar-refractivity contribution >= 4 is 33.8 Å². The lowest BCUT2D eigenvalue weighted by molar-refractivity contribution is -0.162. The van der Waals surface area contributed by atoms with Crippen molar-refractivity contribution < 1.29 is 32.6 Å². The summed E-state index contributed by atoms with van der Waals surface area (Å²) in [5.41, 5.74) is 3.76. The number of carbonyl (C=O) groups excluding carboxylic acids is 3. The Kier molecular flexibility index (Phi) is 9.10. The number of esters is 1. The van der Waals surface area contributed by atoms with Crippen molar-refractivity contribution in [2.45, 2.75) is 56.2 Å². The van der Waals surface area contributed by atoms with Crippen LogP contribution in [0.4, 0.5) is 0 Å². The van der Waals surface area contributed by atoms with Crippen molar-refractivity contribution in [1.82, 2.24) is 19.8 Å². The van der Waals surface area contributed by atoms with Gasteiger partial charge in [-0.15, -0.1) is 0 Å². The number of hydrogen-bond acceptors (Lipinski definition) is 8. The number of aliphatic hydroxyl groups excluding tert-OH is 1. The summed E-state index contributed by atoms with van der Waals surface area (Å²) in [6, 6.07) is 7.60. The first-order valence-electron chi connectivity index (χ1n) is 12.1. The average molecular weight is 539 g/mol. The van der Waals surface area contributed by atoms with E-state index in [1.54, 1.807) is 37.3 Å². The minimum Gasteiger partial charge on any atom is -0.464 e. The maximum Gasteiger partial charge on any atom is 0.337 e. The molecule has 2 fully saturated rings. The molecule has 0 bridgehead atoms. The van der Waals surface area contributed by atoms with E-state index in [0.29, 0.717) is 24.9 Å². The summed E-state index contributed by atoms with van der Waals surface area (Å²) >= 11 is 0. The van der Waals surface area contributed by atoms with Gasteiger partial charge in [-0.2, -0.15) is 4.72 Å². The van der Waals surface area contributed by atoms with Crippen LogP contribution in [0.2, 0.25) is 0 Å². The molecule has 3 atom stereocenters. The number of guanidine groups is 1. The number of benzene rings is 1. The standard InChI is InChI=1S/C23H34N6O7S/c1-2-36-21(33)23(27-37(34,35)15-16-8-4-3-5-9-16)11-7-12-28(20(23)32)14-18(30)26-17-10-6-13-29(19(17)31)22(24)25/h3-5,8-9,17,19,27,31H,2,6-7,10-15H2,1H3,(H3,24,25)(H,26,30)/t17-,19?,23-/m0/s1. The van der Waals surface area contributed by atoms with Crippen LogP contribution in [0.1, 0.15) is 38.2 Å². The second kappa shape index (κ2) is 11.9. The predicted octanol–water partition coefficient (Wildman–Crippen LogP) is -1.18. The Bertz CT molecular complexity index is 1120. The third-order valence-corrected chi connectivity index (χ3v) is 7.74. The molecule has 2 heterocycles. The first-order valence-corrected chi connectivity index (χ1v) is 13.7. The largest absolute Gasteiger partial charge is 0.464 e. The number of likely N-dealkylation sites (tertiary alicyclic amines) is 2. The molecule has 1 unspecified atom stereocenters. The van der Waals surface area contributed by atoms with Gasteiger partial charge in [0.05, 0.1) is 24.9 Å². The molecule has 204 valence electrons.